The molecule has 0 amide bonds. The van der Waals surface area contributed by atoms with Gasteiger partial charge in [0.25, 0.3) is 10.0 Å². The van der Waals surface area contributed by atoms with Crippen molar-refractivity contribution in [1.29, 1.82) is 0 Å². The van der Waals surface area contributed by atoms with Crippen LogP contribution in [0.25, 0.3) is 11.3 Å². The van der Waals surface area contributed by atoms with Gasteiger partial charge in [-0.15, -0.1) is 11.3 Å². The molecule has 6 heteroatoms. The molecule has 0 radical (unpaired) electrons. The number of benzene rings is 2. The number of hydrogen-bond acceptors (Lipinski definition) is 4. The highest BCUT2D eigenvalue weighted by Gasteiger charge is 2.19. The number of nitrogens with zero attached hydrogens (tertiary/aromatic N) is 1. The molecule has 0 atom stereocenters. The van der Waals surface area contributed by atoms with E-state index in [-0.39, 0.29) is 4.90 Å². The van der Waals surface area contributed by atoms with Gasteiger partial charge in [0.1, 0.15) is 0 Å². The van der Waals surface area contributed by atoms with E-state index in [9.17, 15) is 8.42 Å². The molecule has 0 bridgehead atoms. The van der Waals surface area contributed by atoms with Crippen LogP contribution in [-0.2, 0) is 10.0 Å². The molecule has 0 saturated heterocycles. The summed E-state index contributed by atoms with van der Waals surface area (Å²) in [7, 11) is -3.66. The predicted octanol–water partition coefficient (Wildman–Crippen LogP) is 4.54. The Morgan fingerprint density at radius 2 is 1.79 bits per heavy atom. The van der Waals surface area contributed by atoms with Gasteiger partial charge in [-0.1, -0.05) is 35.9 Å². The summed E-state index contributed by atoms with van der Waals surface area (Å²) in [5.41, 5.74) is 3.84. The van der Waals surface area contributed by atoms with Crippen molar-refractivity contribution in [2.24, 2.45) is 0 Å². The SMILES string of the molecule is Cc1ccc(S(=O)(=O)Nc2ccccc2-c2csc(C)n2)c(C)c1. The maximum atomic E-state index is 12.8. The monoisotopic (exact) mass is 358 g/mol. The minimum Gasteiger partial charge on any atom is -0.279 e. The number of anilines is 1. The van der Waals surface area contributed by atoms with Crippen LogP contribution in [-0.4, -0.2) is 13.4 Å². The Morgan fingerprint density at radius 3 is 2.46 bits per heavy atom. The van der Waals surface area contributed by atoms with Crippen LogP contribution in [0.15, 0.2) is 52.7 Å². The summed E-state index contributed by atoms with van der Waals surface area (Å²) >= 11 is 1.54. The summed E-state index contributed by atoms with van der Waals surface area (Å²) in [6, 6.07) is 12.6. The summed E-state index contributed by atoms with van der Waals surface area (Å²) in [5.74, 6) is 0. The van der Waals surface area contributed by atoms with Gasteiger partial charge < -0.3 is 0 Å². The largest absolute Gasteiger partial charge is 0.279 e. The fraction of sp³-hybridized carbons (Fsp3) is 0.167. The zero-order chi connectivity index (χ0) is 17.3. The van der Waals surface area contributed by atoms with E-state index in [1.54, 1.807) is 25.1 Å². The Morgan fingerprint density at radius 1 is 1.04 bits per heavy atom. The molecule has 3 rings (SSSR count). The zero-order valence-corrected chi connectivity index (χ0v) is 15.3. The number of sulfonamides is 1. The van der Waals surface area contributed by atoms with E-state index in [1.807, 2.05) is 43.5 Å². The minimum absolute atomic E-state index is 0.289. The summed E-state index contributed by atoms with van der Waals surface area (Å²) in [6.07, 6.45) is 0. The van der Waals surface area contributed by atoms with E-state index < -0.39 is 10.0 Å². The van der Waals surface area contributed by atoms with Crippen molar-refractivity contribution >= 4 is 27.0 Å². The Hall–Kier alpha value is -2.18. The molecule has 2 aromatic carbocycles. The third-order valence-electron chi connectivity index (χ3n) is 3.69. The molecule has 4 nitrogen and oxygen atoms in total. The molecule has 0 aliphatic carbocycles. The van der Waals surface area contributed by atoms with E-state index in [0.717, 1.165) is 27.4 Å². The standard InChI is InChI=1S/C18H18N2O2S2/c1-12-8-9-18(13(2)10-12)24(21,22)20-16-7-5-4-6-15(16)17-11-23-14(3)19-17/h4-11,20H,1-3H3. The van der Waals surface area contributed by atoms with E-state index >= 15 is 0 Å². The van der Waals surface area contributed by atoms with E-state index in [2.05, 4.69) is 9.71 Å². The first kappa shape index (κ1) is 16.7. The normalized spacial score (nSPS) is 11.5. The van der Waals surface area contributed by atoms with Crippen LogP contribution < -0.4 is 4.72 Å². The van der Waals surface area contributed by atoms with Crippen molar-refractivity contribution in [1.82, 2.24) is 4.98 Å². The number of hydrogen-bond donors (Lipinski definition) is 1. The first-order valence-electron chi connectivity index (χ1n) is 7.48. The second kappa shape index (κ2) is 6.37. The van der Waals surface area contributed by atoms with Gasteiger partial charge in [-0.3, -0.25) is 4.72 Å². The van der Waals surface area contributed by atoms with Crippen molar-refractivity contribution < 1.29 is 8.42 Å². The lowest BCUT2D eigenvalue weighted by atomic mass is 10.1. The Kier molecular flexibility index (Phi) is 4.43. The maximum Gasteiger partial charge on any atom is 0.262 e. The fourth-order valence-electron chi connectivity index (χ4n) is 2.58. The predicted molar refractivity (Wildman–Crippen MR) is 99.0 cm³/mol. The first-order valence-corrected chi connectivity index (χ1v) is 9.85. The fourth-order valence-corrected chi connectivity index (χ4v) is 4.50. The molecule has 0 saturated carbocycles. The molecule has 0 spiro atoms. The molecule has 124 valence electrons. The zero-order valence-electron chi connectivity index (χ0n) is 13.7. The van der Waals surface area contributed by atoms with Gasteiger partial charge in [0, 0.05) is 10.9 Å². The average molecular weight is 358 g/mol. The van der Waals surface area contributed by atoms with Gasteiger partial charge in [-0.2, -0.15) is 0 Å². The summed E-state index contributed by atoms with van der Waals surface area (Å²) in [5, 5.41) is 2.87. The molecule has 0 aliphatic heterocycles. The molecule has 0 aliphatic rings. The van der Waals surface area contributed by atoms with Gasteiger partial charge in [0.05, 0.1) is 21.3 Å². The van der Waals surface area contributed by atoms with Crippen LogP contribution in [0.2, 0.25) is 0 Å². The second-order valence-corrected chi connectivity index (χ2v) is 8.38. The highest BCUT2D eigenvalue weighted by molar-refractivity contribution is 7.92. The number of nitrogens with one attached hydrogen (secondary N) is 1. The number of aryl methyl sites for hydroxylation is 3. The molecule has 3 aromatic rings. The Balaban J connectivity index is 2.02. The number of thiazole rings is 1. The van der Waals surface area contributed by atoms with Crippen molar-refractivity contribution in [3.63, 3.8) is 0 Å². The molecular formula is C18H18N2O2S2. The van der Waals surface area contributed by atoms with Crippen LogP contribution in [0.3, 0.4) is 0 Å². The molecule has 1 N–H and O–H groups in total. The van der Waals surface area contributed by atoms with Gasteiger partial charge in [-0.05, 0) is 38.5 Å². The molecule has 0 fully saturated rings. The van der Waals surface area contributed by atoms with Crippen molar-refractivity contribution in [2.45, 2.75) is 25.7 Å². The first-order chi connectivity index (χ1) is 11.4. The highest BCUT2D eigenvalue weighted by atomic mass is 32.2. The summed E-state index contributed by atoms with van der Waals surface area (Å²) in [6.45, 7) is 5.67. The van der Waals surface area contributed by atoms with Gasteiger partial charge >= 0.3 is 0 Å². The van der Waals surface area contributed by atoms with Crippen LogP contribution in [0.4, 0.5) is 5.69 Å². The van der Waals surface area contributed by atoms with Crippen molar-refractivity contribution in [2.75, 3.05) is 4.72 Å². The quantitative estimate of drug-likeness (QED) is 0.745. The molecular weight excluding hydrogens is 340 g/mol. The minimum atomic E-state index is -3.66. The second-order valence-electron chi connectivity index (χ2n) is 5.67. The van der Waals surface area contributed by atoms with Gasteiger partial charge in [0.15, 0.2) is 0 Å². The van der Waals surface area contributed by atoms with Crippen LogP contribution in [0, 0.1) is 20.8 Å². The van der Waals surface area contributed by atoms with Gasteiger partial charge in [0.2, 0.25) is 0 Å². The molecule has 1 heterocycles. The number of rotatable bonds is 4. The van der Waals surface area contributed by atoms with Crippen LogP contribution in [0.5, 0.6) is 0 Å². The lowest BCUT2D eigenvalue weighted by molar-refractivity contribution is 0.600. The molecule has 1 aromatic heterocycles. The van der Waals surface area contributed by atoms with Crippen LogP contribution >= 0.6 is 11.3 Å². The summed E-state index contributed by atoms with van der Waals surface area (Å²) in [4.78, 5) is 4.75. The number of aromatic nitrogens is 1. The third kappa shape index (κ3) is 3.34. The maximum absolute atomic E-state index is 12.8. The summed E-state index contributed by atoms with van der Waals surface area (Å²) < 4.78 is 28.3. The van der Waals surface area contributed by atoms with Crippen molar-refractivity contribution in [3.05, 3.63) is 64.0 Å². The molecule has 24 heavy (non-hydrogen) atoms. The smallest absolute Gasteiger partial charge is 0.262 e. The molecule has 0 unspecified atom stereocenters. The van der Waals surface area contributed by atoms with E-state index in [0.29, 0.717) is 5.69 Å². The Bertz CT molecular complexity index is 992. The lowest BCUT2D eigenvalue weighted by Crippen LogP contribution is -2.15. The average Bonchev–Trinajstić information content (AvgIpc) is 2.93. The third-order valence-corrected chi connectivity index (χ3v) is 5.99. The van der Waals surface area contributed by atoms with E-state index in [4.69, 9.17) is 0 Å². The highest BCUT2D eigenvalue weighted by Crippen LogP contribution is 2.30. The van der Waals surface area contributed by atoms with Crippen molar-refractivity contribution in [3.8, 4) is 11.3 Å². The van der Waals surface area contributed by atoms with E-state index in [1.165, 1.54) is 11.3 Å². The van der Waals surface area contributed by atoms with Gasteiger partial charge in [-0.25, -0.2) is 13.4 Å². The van der Waals surface area contributed by atoms with Crippen LogP contribution in [0.1, 0.15) is 16.1 Å². The Labute approximate surface area is 146 Å². The lowest BCUT2D eigenvalue weighted by Gasteiger charge is -2.13. The topological polar surface area (TPSA) is 59.1 Å². The number of para-hydroxylation sites is 1.